The number of ether oxygens (including phenoxy) is 1. The van der Waals surface area contributed by atoms with Crippen LogP contribution in [0.15, 0.2) is 41.1 Å². The van der Waals surface area contributed by atoms with Crippen LogP contribution in [0.25, 0.3) is 0 Å². The molecule has 3 rings (SSSR count). The third kappa shape index (κ3) is 4.90. The van der Waals surface area contributed by atoms with E-state index in [4.69, 9.17) is 32.5 Å². The lowest BCUT2D eigenvalue weighted by Crippen LogP contribution is -2.14. The van der Waals surface area contributed by atoms with E-state index >= 15 is 0 Å². The summed E-state index contributed by atoms with van der Waals surface area (Å²) in [5.41, 5.74) is 0.734. The Hall–Kier alpha value is -2.31. The molecule has 0 amide bonds. The van der Waals surface area contributed by atoms with Gasteiger partial charge >= 0.3 is 0 Å². The van der Waals surface area contributed by atoms with Gasteiger partial charge in [-0.1, -0.05) is 49.1 Å². The molecule has 0 fully saturated rings. The molecule has 0 spiro atoms. The van der Waals surface area contributed by atoms with Crippen LogP contribution in [0.4, 0.5) is 5.69 Å². The van der Waals surface area contributed by atoms with Crippen LogP contribution in [0, 0.1) is 0 Å². The van der Waals surface area contributed by atoms with Crippen LogP contribution in [-0.2, 0) is 5.41 Å². The summed E-state index contributed by atoms with van der Waals surface area (Å²) in [5.74, 6) is 2.13. The van der Waals surface area contributed by atoms with Crippen LogP contribution in [0.5, 0.6) is 11.6 Å². The molecule has 1 aromatic carbocycles. The quantitative estimate of drug-likeness (QED) is 0.556. The van der Waals surface area contributed by atoms with Crippen molar-refractivity contribution in [2.75, 3.05) is 5.32 Å². The summed E-state index contributed by atoms with van der Waals surface area (Å²) in [4.78, 5) is 8.55. The number of hydrogen-bond acceptors (Lipinski definition) is 6. The predicted molar refractivity (Wildman–Crippen MR) is 106 cm³/mol. The van der Waals surface area contributed by atoms with Crippen molar-refractivity contribution < 1.29 is 9.26 Å². The molecule has 0 aliphatic carbocycles. The van der Waals surface area contributed by atoms with E-state index in [1.165, 1.54) is 6.20 Å². The minimum absolute atomic E-state index is 0.132. The highest BCUT2D eigenvalue weighted by atomic mass is 35.5. The van der Waals surface area contributed by atoms with Gasteiger partial charge in [-0.3, -0.25) is 0 Å². The van der Waals surface area contributed by atoms with Crippen molar-refractivity contribution in [2.45, 2.75) is 39.2 Å². The van der Waals surface area contributed by atoms with Crippen molar-refractivity contribution in [3.63, 3.8) is 0 Å². The first-order chi connectivity index (χ1) is 12.7. The number of halogens is 2. The van der Waals surface area contributed by atoms with E-state index in [1.54, 1.807) is 6.07 Å². The fourth-order valence-corrected chi connectivity index (χ4v) is 2.65. The number of anilines is 1. The molecule has 0 unspecified atom stereocenters. The highest BCUT2D eigenvalue weighted by Gasteiger charge is 2.23. The molecule has 0 radical (unpaired) electrons. The minimum Gasteiger partial charge on any atom is -0.438 e. The Kier molecular flexibility index (Phi) is 5.58. The largest absolute Gasteiger partial charge is 0.438 e. The molecule has 142 valence electrons. The average molecular weight is 407 g/mol. The second-order valence-corrected chi connectivity index (χ2v) is 7.98. The highest BCUT2D eigenvalue weighted by molar-refractivity contribution is 6.35. The van der Waals surface area contributed by atoms with Gasteiger partial charge in [0.05, 0.1) is 5.02 Å². The van der Waals surface area contributed by atoms with Gasteiger partial charge in [-0.15, -0.1) is 0 Å². The second kappa shape index (κ2) is 7.74. The Balaban J connectivity index is 1.65. The zero-order valence-electron chi connectivity index (χ0n) is 15.5. The van der Waals surface area contributed by atoms with Crippen LogP contribution in [0.1, 0.15) is 45.5 Å². The number of pyridine rings is 1. The molecule has 0 bridgehead atoms. The molecule has 27 heavy (non-hydrogen) atoms. The van der Waals surface area contributed by atoms with E-state index in [2.05, 4.69) is 20.4 Å². The number of benzene rings is 1. The van der Waals surface area contributed by atoms with E-state index in [-0.39, 0.29) is 11.5 Å². The van der Waals surface area contributed by atoms with Gasteiger partial charge in [0.2, 0.25) is 11.8 Å². The van der Waals surface area contributed by atoms with E-state index in [9.17, 15) is 0 Å². The summed E-state index contributed by atoms with van der Waals surface area (Å²) < 4.78 is 11.0. The van der Waals surface area contributed by atoms with E-state index in [0.29, 0.717) is 33.4 Å². The maximum atomic E-state index is 6.07. The molecule has 6 nitrogen and oxygen atoms in total. The Bertz CT molecular complexity index is 920. The van der Waals surface area contributed by atoms with Crippen molar-refractivity contribution in [1.29, 1.82) is 0 Å². The molecule has 0 aliphatic heterocycles. The zero-order valence-corrected chi connectivity index (χ0v) is 17.0. The molecule has 8 heteroatoms. The molecule has 2 aromatic heterocycles. The molecule has 1 N–H and O–H groups in total. The second-order valence-electron chi connectivity index (χ2n) is 7.14. The van der Waals surface area contributed by atoms with Gasteiger partial charge in [0, 0.05) is 17.3 Å². The Morgan fingerprint density at radius 3 is 2.44 bits per heavy atom. The lowest BCUT2D eigenvalue weighted by atomic mass is 9.96. The molecular formula is C19H20Cl2N4O2. The number of aromatic nitrogens is 3. The van der Waals surface area contributed by atoms with Crippen molar-refractivity contribution in [1.82, 2.24) is 15.1 Å². The van der Waals surface area contributed by atoms with Crippen molar-refractivity contribution in [2.24, 2.45) is 0 Å². The number of nitrogens with one attached hydrogen (secondary N) is 1. The van der Waals surface area contributed by atoms with Crippen LogP contribution in [-0.4, -0.2) is 15.1 Å². The van der Waals surface area contributed by atoms with Crippen molar-refractivity contribution in [3.05, 3.63) is 58.3 Å². The summed E-state index contributed by atoms with van der Waals surface area (Å²) in [6, 6.07) is 8.85. The van der Waals surface area contributed by atoms with E-state index in [0.717, 1.165) is 5.69 Å². The third-order valence-corrected chi connectivity index (χ3v) is 4.19. The van der Waals surface area contributed by atoms with Gasteiger partial charge in [-0.2, -0.15) is 4.98 Å². The normalized spacial score (nSPS) is 12.7. The molecule has 1 atom stereocenters. The first-order valence-electron chi connectivity index (χ1n) is 8.42. The fraction of sp³-hybridized carbons (Fsp3) is 0.316. The van der Waals surface area contributed by atoms with Crippen LogP contribution >= 0.6 is 23.2 Å². The molecule has 0 saturated heterocycles. The van der Waals surface area contributed by atoms with Crippen LogP contribution in [0.3, 0.4) is 0 Å². The standard InChI is InChI=1S/C19H20Cl2N4O2/c1-11(16-24-18(25-27-16)19(2,3)4)23-13-5-7-14(8-6-13)26-17-15(21)9-12(20)10-22-17/h5-11,23H,1-4H3/t11-/m0/s1. The first-order valence-corrected chi connectivity index (χ1v) is 9.17. The Morgan fingerprint density at radius 2 is 1.85 bits per heavy atom. The number of nitrogens with zero attached hydrogens (tertiary/aromatic N) is 3. The lowest BCUT2D eigenvalue weighted by molar-refractivity contribution is 0.354. The summed E-state index contributed by atoms with van der Waals surface area (Å²) in [6.07, 6.45) is 1.48. The summed E-state index contributed by atoms with van der Waals surface area (Å²) >= 11 is 11.9. The first kappa shape index (κ1) is 19.5. The molecule has 0 saturated carbocycles. The maximum Gasteiger partial charge on any atom is 0.248 e. The van der Waals surface area contributed by atoms with Gasteiger partial charge < -0.3 is 14.6 Å². The van der Waals surface area contributed by atoms with Gasteiger partial charge in [-0.05, 0) is 37.3 Å². The van der Waals surface area contributed by atoms with Gasteiger partial charge in [0.25, 0.3) is 0 Å². The molecule has 2 heterocycles. The van der Waals surface area contributed by atoms with E-state index in [1.807, 2.05) is 52.0 Å². The number of hydrogen-bond donors (Lipinski definition) is 1. The van der Waals surface area contributed by atoms with Crippen LogP contribution in [0.2, 0.25) is 10.0 Å². The number of rotatable bonds is 5. The zero-order chi connectivity index (χ0) is 19.6. The van der Waals surface area contributed by atoms with Crippen molar-refractivity contribution in [3.8, 4) is 11.6 Å². The highest BCUT2D eigenvalue weighted by Crippen LogP contribution is 2.30. The Labute approximate surface area is 167 Å². The SMILES string of the molecule is C[C@H](Nc1ccc(Oc2ncc(Cl)cc2Cl)cc1)c1nc(C(C)(C)C)no1. The van der Waals surface area contributed by atoms with Crippen LogP contribution < -0.4 is 10.1 Å². The molecular weight excluding hydrogens is 387 g/mol. The maximum absolute atomic E-state index is 6.07. The Morgan fingerprint density at radius 1 is 1.15 bits per heavy atom. The van der Waals surface area contributed by atoms with Gasteiger partial charge in [0.15, 0.2) is 5.82 Å². The van der Waals surface area contributed by atoms with Gasteiger partial charge in [0.1, 0.15) is 16.8 Å². The monoisotopic (exact) mass is 406 g/mol. The predicted octanol–water partition coefficient (Wildman–Crippen LogP) is 6.03. The summed E-state index contributed by atoms with van der Waals surface area (Å²) in [5, 5.41) is 8.18. The van der Waals surface area contributed by atoms with Gasteiger partial charge in [-0.25, -0.2) is 4.98 Å². The average Bonchev–Trinajstić information content (AvgIpc) is 3.09. The molecule has 3 aromatic rings. The fourth-order valence-electron chi connectivity index (χ4n) is 2.24. The summed E-state index contributed by atoms with van der Waals surface area (Å²) in [7, 11) is 0. The smallest absolute Gasteiger partial charge is 0.248 e. The lowest BCUT2D eigenvalue weighted by Gasteiger charge is -2.13. The third-order valence-electron chi connectivity index (χ3n) is 3.71. The summed E-state index contributed by atoms with van der Waals surface area (Å²) in [6.45, 7) is 8.09. The minimum atomic E-state index is -0.155. The topological polar surface area (TPSA) is 73.1 Å². The molecule has 0 aliphatic rings. The van der Waals surface area contributed by atoms with E-state index < -0.39 is 0 Å². The van der Waals surface area contributed by atoms with Crippen molar-refractivity contribution >= 4 is 28.9 Å².